The molecule has 2 N–H and O–H groups in total. The van der Waals surface area contributed by atoms with Crippen LogP contribution in [-0.2, 0) is 22.0 Å². The first-order valence-electron chi connectivity index (χ1n) is 10.9. The van der Waals surface area contributed by atoms with Gasteiger partial charge in [-0.1, -0.05) is 54.0 Å². The summed E-state index contributed by atoms with van der Waals surface area (Å²) in [6.07, 6.45) is 3.43. The second-order valence-electron chi connectivity index (χ2n) is 10.4. The molecule has 0 spiro atoms. The lowest BCUT2D eigenvalue weighted by Crippen LogP contribution is -2.35. The number of aromatic nitrogens is 1. The van der Waals surface area contributed by atoms with Crippen molar-refractivity contribution in [3.63, 3.8) is 0 Å². The number of hydrogen-bond donors (Lipinski definition) is 1. The van der Waals surface area contributed by atoms with Gasteiger partial charge in [0.1, 0.15) is 0 Å². The Morgan fingerprint density at radius 2 is 1.43 bits per heavy atom. The molecule has 166 valence electrons. The van der Waals surface area contributed by atoms with Gasteiger partial charge >= 0.3 is 0 Å². The van der Waals surface area contributed by atoms with Crippen LogP contribution in [0.15, 0.2) is 29.2 Å². The lowest BCUT2D eigenvalue weighted by molar-refractivity contribution is 0.363. The minimum atomic E-state index is -1.25. The highest BCUT2D eigenvalue weighted by atomic mass is 32.2. The Kier molecular flexibility index (Phi) is 6.93. The molecule has 3 rings (SSSR count). The van der Waals surface area contributed by atoms with Gasteiger partial charge in [0.2, 0.25) is 11.2 Å². The third kappa shape index (κ3) is 4.87. The first-order chi connectivity index (χ1) is 13.9. The molecule has 0 aliphatic carbocycles. The normalized spacial score (nSPS) is 17.3. The van der Waals surface area contributed by atoms with Crippen molar-refractivity contribution in [1.82, 2.24) is 8.28 Å². The van der Waals surface area contributed by atoms with Crippen molar-refractivity contribution in [2.45, 2.75) is 83.5 Å². The number of piperidine rings is 1. The first-order valence-corrected chi connectivity index (χ1v) is 12.8. The van der Waals surface area contributed by atoms with Crippen molar-refractivity contribution >= 4 is 23.1 Å². The van der Waals surface area contributed by atoms with Gasteiger partial charge in [-0.15, -0.1) is 0 Å². The summed E-state index contributed by atoms with van der Waals surface area (Å²) < 4.78 is 17.8. The molecule has 0 radical (unpaired) electrons. The number of benzene rings is 1. The fraction of sp³-hybridized carbons (Fsp3) is 0.583. The number of nitrogens with two attached hydrogens (primary N) is 1. The lowest BCUT2D eigenvalue weighted by Gasteiger charge is -2.28. The predicted octanol–water partition coefficient (Wildman–Crippen LogP) is 5.94. The second kappa shape index (κ2) is 8.81. The van der Waals surface area contributed by atoms with E-state index < -0.39 is 11.2 Å². The Hall–Kier alpha value is -1.08. The molecule has 1 aromatic heterocycles. The van der Waals surface area contributed by atoms with Crippen molar-refractivity contribution in [3.05, 3.63) is 41.1 Å². The maximum atomic E-state index is 13.7. The second-order valence-corrected chi connectivity index (χ2v) is 12.4. The summed E-state index contributed by atoms with van der Waals surface area (Å²) >= 11 is -0.0138. The van der Waals surface area contributed by atoms with Crippen molar-refractivity contribution in [1.29, 1.82) is 0 Å². The van der Waals surface area contributed by atoms with Crippen LogP contribution in [0.1, 0.15) is 77.6 Å². The van der Waals surface area contributed by atoms with Gasteiger partial charge in [0.15, 0.2) is 0 Å². The Balaban J connectivity index is 2.21. The van der Waals surface area contributed by atoms with Crippen molar-refractivity contribution in [2.75, 3.05) is 13.1 Å². The van der Waals surface area contributed by atoms with E-state index >= 15 is 0 Å². The van der Waals surface area contributed by atoms with Gasteiger partial charge < -0.3 is 0 Å². The van der Waals surface area contributed by atoms with E-state index in [0.717, 1.165) is 47.8 Å². The fourth-order valence-corrected chi connectivity index (χ4v) is 5.83. The highest BCUT2D eigenvalue weighted by Gasteiger charge is 2.26. The molecule has 0 amide bonds. The van der Waals surface area contributed by atoms with Crippen LogP contribution < -0.4 is 5.14 Å². The van der Waals surface area contributed by atoms with Crippen LogP contribution in [0.3, 0.4) is 0 Å². The zero-order valence-electron chi connectivity index (χ0n) is 19.5. The average molecular weight is 448 g/mol. The molecule has 30 heavy (non-hydrogen) atoms. The molecule has 1 aliphatic rings. The average Bonchev–Trinajstić information content (AvgIpc) is 3.02. The first kappa shape index (κ1) is 23.6. The minimum absolute atomic E-state index is 0.0277. The van der Waals surface area contributed by atoms with Crippen LogP contribution in [0.4, 0.5) is 0 Å². The Labute approximate surface area is 189 Å². The van der Waals surface area contributed by atoms with Crippen molar-refractivity contribution < 1.29 is 4.21 Å². The molecule has 1 atom stereocenters. The van der Waals surface area contributed by atoms with Crippen molar-refractivity contribution in [2.24, 2.45) is 5.14 Å². The van der Waals surface area contributed by atoms with Gasteiger partial charge in [0, 0.05) is 23.7 Å². The Morgan fingerprint density at radius 1 is 0.900 bits per heavy atom. The maximum Gasteiger partial charge on any atom is 0.203 e. The predicted molar refractivity (Wildman–Crippen MR) is 131 cm³/mol. The van der Waals surface area contributed by atoms with Gasteiger partial charge in [-0.05, 0) is 77.4 Å². The summed E-state index contributed by atoms with van der Waals surface area (Å²) in [5, 5.41) is 5.98. The molecule has 1 unspecified atom stereocenters. The standard InChI is InChI=1S/C24H37N3OS2/c1-17-22(29-25)16-21(27(17)30(28)26-11-9-8-10-12-26)18-13-19(23(2,3)4)15-20(14-18)24(5,6)7/h13-16H,8-12,25H2,1-7H3. The van der Waals surface area contributed by atoms with Crippen LogP contribution in [0.5, 0.6) is 0 Å². The molecule has 1 aliphatic heterocycles. The van der Waals surface area contributed by atoms with Gasteiger partial charge in [0.05, 0.1) is 5.69 Å². The largest absolute Gasteiger partial charge is 0.274 e. The zero-order chi connectivity index (χ0) is 22.3. The van der Waals surface area contributed by atoms with E-state index in [1.807, 2.05) is 10.9 Å². The third-order valence-electron chi connectivity index (χ3n) is 5.93. The van der Waals surface area contributed by atoms with E-state index in [1.54, 1.807) is 0 Å². The van der Waals surface area contributed by atoms with E-state index in [2.05, 4.69) is 70.1 Å². The molecular weight excluding hydrogens is 410 g/mol. The highest BCUT2D eigenvalue weighted by molar-refractivity contribution is 7.97. The SMILES string of the molecule is Cc1c(SN)cc(-c2cc(C(C)(C)C)cc(C(C)(C)C)c2)n1S(=O)N1CCCCC1. The highest BCUT2D eigenvalue weighted by Crippen LogP contribution is 2.37. The van der Waals surface area contributed by atoms with Crippen LogP contribution in [0.2, 0.25) is 0 Å². The minimum Gasteiger partial charge on any atom is -0.274 e. The number of nitrogens with zero attached hydrogens (tertiary/aromatic N) is 2. The lowest BCUT2D eigenvalue weighted by atomic mass is 9.79. The van der Waals surface area contributed by atoms with Gasteiger partial charge in [-0.2, -0.15) is 0 Å². The van der Waals surface area contributed by atoms with Crippen LogP contribution >= 0.6 is 11.9 Å². The summed E-state index contributed by atoms with van der Waals surface area (Å²) in [6, 6.07) is 8.96. The molecule has 0 saturated carbocycles. The fourth-order valence-electron chi connectivity index (χ4n) is 3.87. The molecule has 1 aromatic carbocycles. The van der Waals surface area contributed by atoms with Crippen LogP contribution in [-0.4, -0.2) is 25.6 Å². The van der Waals surface area contributed by atoms with Gasteiger partial charge in [-0.3, -0.25) is 5.14 Å². The summed E-state index contributed by atoms with van der Waals surface area (Å²) in [5.41, 5.74) is 5.71. The smallest absolute Gasteiger partial charge is 0.203 e. The Morgan fingerprint density at radius 3 is 1.90 bits per heavy atom. The number of rotatable bonds is 4. The van der Waals surface area contributed by atoms with Crippen molar-refractivity contribution in [3.8, 4) is 11.3 Å². The van der Waals surface area contributed by atoms with E-state index in [0.29, 0.717) is 0 Å². The summed E-state index contributed by atoms with van der Waals surface area (Å²) in [5.74, 6) is 0. The molecule has 4 nitrogen and oxygen atoms in total. The molecule has 0 bridgehead atoms. The summed E-state index contributed by atoms with van der Waals surface area (Å²) in [6.45, 7) is 17.3. The van der Waals surface area contributed by atoms with Crippen LogP contribution in [0.25, 0.3) is 11.3 Å². The molecule has 1 fully saturated rings. The maximum absolute atomic E-state index is 13.7. The number of hydrogen-bond acceptors (Lipinski definition) is 3. The van der Waals surface area contributed by atoms with E-state index in [1.165, 1.54) is 29.5 Å². The molecule has 1 saturated heterocycles. The topological polar surface area (TPSA) is 51.3 Å². The quantitative estimate of drug-likeness (QED) is 0.590. The Bertz CT molecular complexity index is 897. The molecule has 6 heteroatoms. The summed E-state index contributed by atoms with van der Waals surface area (Å²) in [7, 11) is 0. The van der Waals surface area contributed by atoms with E-state index in [4.69, 9.17) is 5.14 Å². The molecule has 2 heterocycles. The van der Waals surface area contributed by atoms with Gasteiger partial charge in [0.25, 0.3) is 0 Å². The zero-order valence-corrected chi connectivity index (χ0v) is 21.2. The summed E-state index contributed by atoms with van der Waals surface area (Å²) in [4.78, 5) is 0.980. The van der Waals surface area contributed by atoms with E-state index in [-0.39, 0.29) is 10.8 Å². The van der Waals surface area contributed by atoms with E-state index in [9.17, 15) is 4.21 Å². The van der Waals surface area contributed by atoms with Crippen LogP contribution in [0, 0.1) is 6.92 Å². The van der Waals surface area contributed by atoms with Gasteiger partial charge in [-0.25, -0.2) is 12.5 Å². The molecular formula is C24H37N3OS2. The monoisotopic (exact) mass is 447 g/mol. The third-order valence-corrected chi connectivity index (χ3v) is 8.18. The molecule has 2 aromatic rings.